The predicted molar refractivity (Wildman–Crippen MR) is 155 cm³/mol. The smallest absolute Gasteiger partial charge is 0.309 e. The average molecular weight is 590 g/mol. The van der Waals surface area contributed by atoms with Crippen molar-refractivity contribution in [1.29, 1.82) is 0 Å². The lowest BCUT2D eigenvalue weighted by Crippen LogP contribution is -2.61. The molecule has 3 aromatic heterocycles. The number of amides is 1. The number of aryl methyl sites for hydroxylation is 1. The molecule has 1 amide bonds. The van der Waals surface area contributed by atoms with Crippen LogP contribution in [0.2, 0.25) is 0 Å². The van der Waals surface area contributed by atoms with Gasteiger partial charge in [-0.1, -0.05) is 0 Å². The van der Waals surface area contributed by atoms with Crippen LogP contribution in [0, 0.1) is 11.8 Å². The summed E-state index contributed by atoms with van der Waals surface area (Å²) >= 11 is 0. The number of pyridine rings is 3. The molecule has 12 nitrogen and oxygen atoms in total. The van der Waals surface area contributed by atoms with E-state index >= 15 is 0 Å². The molecule has 6 heterocycles. The van der Waals surface area contributed by atoms with Gasteiger partial charge in [-0.05, 0) is 56.7 Å². The second kappa shape index (κ2) is 10.9. The van der Waals surface area contributed by atoms with Gasteiger partial charge >= 0.3 is 5.97 Å². The molecule has 2 saturated heterocycles. The fourth-order valence-electron chi connectivity index (χ4n) is 6.54. The van der Waals surface area contributed by atoms with Gasteiger partial charge in [0.15, 0.2) is 18.2 Å². The zero-order valence-electron chi connectivity index (χ0n) is 24.1. The normalized spacial score (nSPS) is 27.2. The average Bonchev–Trinajstić information content (AvgIpc) is 3.82. The number of nitrogens with zero attached hydrogens (tertiary/aromatic N) is 3. The lowest BCUT2D eigenvalue weighted by molar-refractivity contribution is -0.167. The molecule has 12 heteroatoms. The van der Waals surface area contributed by atoms with E-state index in [1.54, 1.807) is 22.9 Å². The van der Waals surface area contributed by atoms with E-state index < -0.39 is 0 Å². The minimum absolute atomic E-state index is 0.0103. The Balaban J connectivity index is 0.971. The molecule has 226 valence electrons. The lowest BCUT2D eigenvalue weighted by atomic mass is 9.70. The molecule has 43 heavy (non-hydrogen) atoms. The van der Waals surface area contributed by atoms with E-state index in [4.69, 9.17) is 18.9 Å². The van der Waals surface area contributed by atoms with Crippen molar-refractivity contribution in [3.8, 4) is 11.5 Å². The maximum atomic E-state index is 13.0. The van der Waals surface area contributed by atoms with E-state index in [1.165, 1.54) is 7.11 Å². The summed E-state index contributed by atoms with van der Waals surface area (Å²) in [5.41, 5.74) is 1.80. The van der Waals surface area contributed by atoms with Gasteiger partial charge in [0.1, 0.15) is 5.75 Å². The van der Waals surface area contributed by atoms with Crippen molar-refractivity contribution in [3.63, 3.8) is 0 Å². The molecular weight excluding hydrogens is 554 g/mol. The largest absolute Gasteiger partial charge is 0.492 e. The van der Waals surface area contributed by atoms with E-state index in [9.17, 15) is 14.4 Å². The lowest BCUT2D eigenvalue weighted by Gasteiger charge is -2.53. The summed E-state index contributed by atoms with van der Waals surface area (Å²) in [5.74, 6) is 1.26. The molecule has 2 atom stereocenters. The van der Waals surface area contributed by atoms with Gasteiger partial charge in [-0.2, -0.15) is 0 Å². The second-order valence-electron chi connectivity index (χ2n) is 12.2. The second-order valence-corrected chi connectivity index (χ2v) is 12.2. The number of hydrogen-bond donors (Lipinski definition) is 2. The van der Waals surface area contributed by atoms with Crippen LogP contribution in [-0.4, -0.2) is 64.5 Å². The maximum Gasteiger partial charge on any atom is 0.309 e. The Morgan fingerprint density at radius 2 is 2.05 bits per heavy atom. The van der Waals surface area contributed by atoms with Gasteiger partial charge in [0, 0.05) is 36.7 Å². The molecule has 4 fully saturated rings. The summed E-state index contributed by atoms with van der Waals surface area (Å²) in [6, 6.07) is 8.91. The summed E-state index contributed by atoms with van der Waals surface area (Å²) in [4.78, 5) is 45.4. The number of aromatic nitrogens is 3. The van der Waals surface area contributed by atoms with E-state index in [0.29, 0.717) is 43.6 Å². The first-order valence-electron chi connectivity index (χ1n) is 14.9. The van der Waals surface area contributed by atoms with E-state index in [2.05, 4.69) is 20.6 Å². The van der Waals surface area contributed by atoms with Crippen molar-refractivity contribution < 1.29 is 28.5 Å². The molecule has 2 unspecified atom stereocenters. The Morgan fingerprint density at radius 1 is 1.19 bits per heavy atom. The fraction of sp³-hybridized carbons (Fsp3) is 0.516. The Kier molecular flexibility index (Phi) is 7.05. The molecule has 3 aliphatic heterocycles. The first-order chi connectivity index (χ1) is 20.8. The minimum Gasteiger partial charge on any atom is -0.492 e. The Labute approximate surface area is 248 Å². The third-order valence-corrected chi connectivity index (χ3v) is 9.44. The quantitative estimate of drug-likeness (QED) is 0.339. The third kappa shape index (κ3) is 5.56. The van der Waals surface area contributed by atoms with Crippen LogP contribution in [0.5, 0.6) is 11.5 Å². The summed E-state index contributed by atoms with van der Waals surface area (Å²) in [6.45, 7) is 2.09. The summed E-state index contributed by atoms with van der Waals surface area (Å²) in [7, 11) is 1.40. The van der Waals surface area contributed by atoms with Crippen molar-refractivity contribution in [2.75, 3.05) is 32.2 Å². The Hall–Kier alpha value is -4.03. The van der Waals surface area contributed by atoms with Crippen LogP contribution in [0.15, 0.2) is 41.3 Å². The van der Waals surface area contributed by atoms with Gasteiger partial charge in [0.05, 0.1) is 54.8 Å². The number of anilines is 1. The first kappa shape index (κ1) is 27.8. The van der Waals surface area contributed by atoms with Crippen molar-refractivity contribution >= 4 is 28.7 Å². The molecule has 3 aromatic rings. The zero-order valence-corrected chi connectivity index (χ0v) is 24.1. The first-order valence-corrected chi connectivity index (χ1v) is 14.9. The Bertz CT molecular complexity index is 1610. The molecule has 8 rings (SSSR count). The van der Waals surface area contributed by atoms with Crippen LogP contribution in [-0.2, 0) is 32.2 Å². The number of ether oxygens (including phenoxy) is 4. The Morgan fingerprint density at radius 3 is 2.84 bits per heavy atom. The predicted octanol–water partition coefficient (Wildman–Crippen LogP) is 2.57. The summed E-state index contributed by atoms with van der Waals surface area (Å²) in [6.07, 6.45) is 6.88. The number of rotatable bonds is 10. The van der Waals surface area contributed by atoms with Crippen LogP contribution in [0.1, 0.15) is 44.2 Å². The van der Waals surface area contributed by atoms with E-state index in [1.807, 2.05) is 18.2 Å². The highest BCUT2D eigenvalue weighted by molar-refractivity contribution is 5.94. The molecule has 2 bridgehead atoms. The SMILES string of the molecule is COC(=O)C1CC1COc1cnc2ccc(=O)n(CCC34CCC(NCc5ccc6c(n5)NC(=O)CO6)(CC3)CO4)c2c1. The van der Waals surface area contributed by atoms with Gasteiger partial charge in [-0.15, -0.1) is 0 Å². The summed E-state index contributed by atoms with van der Waals surface area (Å²) in [5, 5.41) is 6.44. The molecule has 0 radical (unpaired) electrons. The van der Waals surface area contributed by atoms with Crippen molar-refractivity contribution in [2.24, 2.45) is 11.8 Å². The van der Waals surface area contributed by atoms with Gasteiger partial charge in [0.2, 0.25) is 0 Å². The molecule has 2 saturated carbocycles. The maximum absolute atomic E-state index is 13.0. The number of methoxy groups -OCH3 is 1. The number of hydrogen-bond acceptors (Lipinski definition) is 10. The third-order valence-electron chi connectivity index (χ3n) is 9.44. The summed E-state index contributed by atoms with van der Waals surface area (Å²) < 4.78 is 24.5. The minimum atomic E-state index is -0.271. The molecule has 5 aliphatic rings. The number of esters is 1. The van der Waals surface area contributed by atoms with Crippen LogP contribution in [0.3, 0.4) is 0 Å². The molecule has 2 aliphatic carbocycles. The van der Waals surface area contributed by atoms with Gasteiger partial charge < -0.3 is 34.1 Å². The number of nitrogens with one attached hydrogen (secondary N) is 2. The van der Waals surface area contributed by atoms with E-state index in [-0.39, 0.29) is 47.0 Å². The topological polar surface area (TPSA) is 143 Å². The van der Waals surface area contributed by atoms with Gasteiger partial charge in [0.25, 0.3) is 11.5 Å². The fourth-order valence-corrected chi connectivity index (χ4v) is 6.54. The molecule has 0 spiro atoms. The van der Waals surface area contributed by atoms with E-state index in [0.717, 1.165) is 55.3 Å². The van der Waals surface area contributed by atoms with Crippen molar-refractivity contribution in [1.82, 2.24) is 19.9 Å². The van der Waals surface area contributed by atoms with Crippen LogP contribution in [0.4, 0.5) is 5.82 Å². The number of carbonyl (C=O) groups is 2. The van der Waals surface area contributed by atoms with Crippen LogP contribution < -0.4 is 25.7 Å². The molecular formula is C31H35N5O7. The highest BCUT2D eigenvalue weighted by Crippen LogP contribution is 2.46. The van der Waals surface area contributed by atoms with Crippen LogP contribution >= 0.6 is 0 Å². The van der Waals surface area contributed by atoms with Crippen molar-refractivity contribution in [3.05, 3.63) is 52.6 Å². The zero-order chi connectivity index (χ0) is 29.6. The van der Waals surface area contributed by atoms with Gasteiger partial charge in [-0.3, -0.25) is 19.4 Å². The highest BCUT2D eigenvalue weighted by atomic mass is 16.5. The number of carbonyl (C=O) groups excluding carboxylic acids is 2. The number of fused-ring (bicyclic) bond motifs is 5. The monoisotopic (exact) mass is 589 g/mol. The molecule has 2 N–H and O–H groups in total. The van der Waals surface area contributed by atoms with Crippen molar-refractivity contribution in [2.45, 2.75) is 62.8 Å². The standard InChI is InChI=1S/C31H35N5O7/c1-40-29(39)22-12-19(22)16-41-21-13-24-23(32-15-21)3-5-27(38)36(24)11-10-31-8-6-30(7-9-31,18-43-31)33-14-20-2-4-25-28(34-20)35-26(37)17-42-25/h2-5,13,15,19,22,33H,6-12,14,16-18H2,1H3,(H,34,35,37). The van der Waals surface area contributed by atoms with Gasteiger partial charge in [-0.25, -0.2) is 4.98 Å². The van der Waals surface area contributed by atoms with Crippen LogP contribution in [0.25, 0.3) is 11.0 Å². The molecule has 0 aromatic carbocycles. The highest BCUT2D eigenvalue weighted by Gasteiger charge is 2.49.